The van der Waals surface area contributed by atoms with Crippen molar-refractivity contribution in [3.05, 3.63) is 22.3 Å². The third kappa shape index (κ3) is 3.03. The first-order valence-electron chi connectivity index (χ1n) is 5.89. The third-order valence-electron chi connectivity index (χ3n) is 3.29. The number of aromatic nitrogens is 1. The van der Waals surface area contributed by atoms with Crippen molar-refractivity contribution in [2.75, 3.05) is 18.0 Å². The molecule has 1 fully saturated rings. The average Bonchev–Trinajstić information content (AvgIpc) is 2.29. The van der Waals surface area contributed by atoms with Crippen LogP contribution >= 0.6 is 23.2 Å². The van der Waals surface area contributed by atoms with Crippen LogP contribution in [0.15, 0.2) is 12.3 Å². The summed E-state index contributed by atoms with van der Waals surface area (Å²) in [5.74, 6) is 1.33. The van der Waals surface area contributed by atoms with Gasteiger partial charge in [-0.25, -0.2) is 4.98 Å². The summed E-state index contributed by atoms with van der Waals surface area (Å²) in [6, 6.07) is 1.95. The molecular weight excluding hydrogens is 257 g/mol. The number of rotatable bonds is 2. The second-order valence-electron chi connectivity index (χ2n) is 4.67. The maximum absolute atomic E-state index is 6.17. The van der Waals surface area contributed by atoms with E-state index >= 15 is 0 Å². The van der Waals surface area contributed by atoms with Crippen LogP contribution < -0.4 is 10.6 Å². The minimum atomic E-state index is 0.212. The lowest BCUT2D eigenvalue weighted by Gasteiger charge is -2.35. The molecule has 2 atom stereocenters. The second-order valence-corrected chi connectivity index (χ2v) is 5.51. The minimum absolute atomic E-state index is 0.212. The van der Waals surface area contributed by atoms with Crippen LogP contribution in [-0.4, -0.2) is 24.1 Å². The van der Waals surface area contributed by atoms with Crippen molar-refractivity contribution in [3.8, 4) is 0 Å². The van der Waals surface area contributed by atoms with Gasteiger partial charge < -0.3 is 10.6 Å². The van der Waals surface area contributed by atoms with Crippen molar-refractivity contribution in [1.82, 2.24) is 4.98 Å². The number of hydrogen-bond acceptors (Lipinski definition) is 3. The normalized spacial score (nSPS) is 22.6. The summed E-state index contributed by atoms with van der Waals surface area (Å²) in [6.07, 6.45) is 3.95. The van der Waals surface area contributed by atoms with Crippen LogP contribution in [0.3, 0.4) is 0 Å². The smallest absolute Gasteiger partial charge is 0.147 e. The van der Waals surface area contributed by atoms with Gasteiger partial charge in [0.25, 0.3) is 0 Å². The Morgan fingerprint density at radius 1 is 1.53 bits per heavy atom. The molecule has 2 unspecified atom stereocenters. The van der Waals surface area contributed by atoms with Crippen molar-refractivity contribution in [2.24, 2.45) is 11.7 Å². The molecule has 2 heterocycles. The number of halogens is 2. The summed E-state index contributed by atoms with van der Waals surface area (Å²) in [5.41, 5.74) is 5.97. The fourth-order valence-electron chi connectivity index (χ4n) is 2.27. The van der Waals surface area contributed by atoms with Crippen molar-refractivity contribution in [1.29, 1.82) is 0 Å². The Kier molecular flexibility index (Phi) is 4.13. The minimum Gasteiger partial charge on any atom is -0.355 e. The highest BCUT2D eigenvalue weighted by Gasteiger charge is 2.24. The van der Waals surface area contributed by atoms with E-state index in [-0.39, 0.29) is 6.04 Å². The van der Waals surface area contributed by atoms with Gasteiger partial charge in [-0.1, -0.05) is 23.2 Å². The number of anilines is 1. The zero-order valence-electron chi connectivity index (χ0n) is 9.87. The number of hydrogen-bond donors (Lipinski definition) is 1. The van der Waals surface area contributed by atoms with Crippen LogP contribution in [0.25, 0.3) is 0 Å². The van der Waals surface area contributed by atoms with Crippen molar-refractivity contribution >= 4 is 29.0 Å². The Morgan fingerprint density at radius 2 is 2.29 bits per heavy atom. The van der Waals surface area contributed by atoms with E-state index in [0.29, 0.717) is 16.0 Å². The lowest BCUT2D eigenvalue weighted by atomic mass is 9.92. The van der Waals surface area contributed by atoms with E-state index in [1.54, 1.807) is 12.3 Å². The molecule has 94 valence electrons. The first kappa shape index (κ1) is 12.9. The topological polar surface area (TPSA) is 42.1 Å². The van der Waals surface area contributed by atoms with E-state index < -0.39 is 0 Å². The molecule has 0 bridgehead atoms. The van der Waals surface area contributed by atoms with Crippen molar-refractivity contribution in [2.45, 2.75) is 25.8 Å². The van der Waals surface area contributed by atoms with Gasteiger partial charge in [0.1, 0.15) is 5.82 Å². The summed E-state index contributed by atoms with van der Waals surface area (Å²) < 4.78 is 0. The molecule has 17 heavy (non-hydrogen) atoms. The molecule has 0 amide bonds. The molecule has 1 aliphatic heterocycles. The fraction of sp³-hybridized carbons (Fsp3) is 0.583. The molecule has 5 heteroatoms. The third-order valence-corrected chi connectivity index (χ3v) is 3.77. The monoisotopic (exact) mass is 273 g/mol. The van der Waals surface area contributed by atoms with Crippen LogP contribution in [-0.2, 0) is 0 Å². The predicted octanol–water partition coefficient (Wildman–Crippen LogP) is 2.95. The summed E-state index contributed by atoms with van der Waals surface area (Å²) in [6.45, 7) is 3.97. The molecule has 0 spiro atoms. The fourth-order valence-corrected chi connectivity index (χ4v) is 2.77. The summed E-state index contributed by atoms with van der Waals surface area (Å²) in [7, 11) is 0. The lowest BCUT2D eigenvalue weighted by molar-refractivity contribution is 0.363. The number of nitrogens with two attached hydrogens (primary N) is 1. The van der Waals surface area contributed by atoms with Crippen LogP contribution in [0, 0.1) is 5.92 Å². The molecule has 3 nitrogen and oxygen atoms in total. The van der Waals surface area contributed by atoms with Gasteiger partial charge in [0.2, 0.25) is 0 Å². The molecule has 0 aliphatic carbocycles. The highest BCUT2D eigenvalue weighted by atomic mass is 35.5. The Bertz CT molecular complexity index is 395. The average molecular weight is 274 g/mol. The predicted molar refractivity (Wildman–Crippen MR) is 72.8 cm³/mol. The molecule has 2 rings (SSSR count). The van der Waals surface area contributed by atoms with E-state index in [1.807, 2.05) is 0 Å². The van der Waals surface area contributed by atoms with E-state index in [9.17, 15) is 0 Å². The van der Waals surface area contributed by atoms with Crippen LogP contribution in [0.4, 0.5) is 5.82 Å². The lowest BCUT2D eigenvalue weighted by Crippen LogP contribution is -2.42. The van der Waals surface area contributed by atoms with E-state index in [0.717, 1.165) is 25.3 Å². The maximum Gasteiger partial charge on any atom is 0.147 e. The summed E-state index contributed by atoms with van der Waals surface area (Å²) >= 11 is 12.0. The zero-order valence-corrected chi connectivity index (χ0v) is 11.4. The Labute approximate surface area is 112 Å². The standard InChI is InChI=1S/C12H17Cl2N3/c1-8(15)9-3-2-4-17(7-9)12-11(14)5-10(13)6-16-12/h5-6,8-9H,2-4,7,15H2,1H3. The van der Waals surface area contributed by atoms with Gasteiger partial charge in [0.05, 0.1) is 10.0 Å². The molecule has 0 aromatic carbocycles. The van der Waals surface area contributed by atoms with E-state index in [4.69, 9.17) is 28.9 Å². The van der Waals surface area contributed by atoms with E-state index in [2.05, 4.69) is 16.8 Å². The number of pyridine rings is 1. The quantitative estimate of drug-likeness (QED) is 0.901. The van der Waals surface area contributed by atoms with Gasteiger partial charge in [0.15, 0.2) is 0 Å². The molecule has 1 saturated heterocycles. The second kappa shape index (κ2) is 5.42. The van der Waals surface area contributed by atoms with Gasteiger partial charge in [-0.05, 0) is 31.7 Å². The van der Waals surface area contributed by atoms with Crippen LogP contribution in [0.5, 0.6) is 0 Å². The van der Waals surface area contributed by atoms with Crippen molar-refractivity contribution in [3.63, 3.8) is 0 Å². The van der Waals surface area contributed by atoms with Gasteiger partial charge in [0, 0.05) is 25.3 Å². The van der Waals surface area contributed by atoms with Gasteiger partial charge in [-0.3, -0.25) is 0 Å². The van der Waals surface area contributed by atoms with E-state index in [1.165, 1.54) is 6.42 Å². The molecule has 1 aliphatic rings. The van der Waals surface area contributed by atoms with Gasteiger partial charge >= 0.3 is 0 Å². The van der Waals surface area contributed by atoms with Crippen molar-refractivity contribution < 1.29 is 0 Å². The summed E-state index contributed by atoms with van der Waals surface area (Å²) in [5, 5.41) is 1.18. The first-order valence-corrected chi connectivity index (χ1v) is 6.65. The number of piperidine rings is 1. The SMILES string of the molecule is CC(N)C1CCCN(c2ncc(Cl)cc2Cl)C1. The highest BCUT2D eigenvalue weighted by molar-refractivity contribution is 6.36. The molecule has 1 aromatic heterocycles. The molecule has 1 aromatic rings. The Hall–Kier alpha value is -0.510. The largest absolute Gasteiger partial charge is 0.355 e. The molecule has 0 radical (unpaired) electrons. The zero-order chi connectivity index (χ0) is 12.4. The molecule has 0 saturated carbocycles. The molecular formula is C12H17Cl2N3. The first-order chi connectivity index (χ1) is 8.08. The highest BCUT2D eigenvalue weighted by Crippen LogP contribution is 2.30. The molecule has 2 N–H and O–H groups in total. The Balaban J connectivity index is 2.16. The van der Waals surface area contributed by atoms with Gasteiger partial charge in [-0.2, -0.15) is 0 Å². The Morgan fingerprint density at radius 3 is 2.94 bits per heavy atom. The van der Waals surface area contributed by atoms with Gasteiger partial charge in [-0.15, -0.1) is 0 Å². The summed E-state index contributed by atoms with van der Waals surface area (Å²) in [4.78, 5) is 6.52. The van der Waals surface area contributed by atoms with Crippen LogP contribution in [0.2, 0.25) is 10.0 Å². The maximum atomic E-state index is 6.17. The number of nitrogens with zero attached hydrogens (tertiary/aromatic N) is 2. The van der Waals surface area contributed by atoms with Crippen LogP contribution in [0.1, 0.15) is 19.8 Å².